The summed E-state index contributed by atoms with van der Waals surface area (Å²) in [4.78, 5) is 11.2. The van der Waals surface area contributed by atoms with E-state index in [0.717, 1.165) is 12.8 Å². The maximum absolute atomic E-state index is 13.1. The van der Waals surface area contributed by atoms with E-state index in [4.69, 9.17) is 5.26 Å². The van der Waals surface area contributed by atoms with Crippen LogP contribution in [0.4, 0.5) is 8.78 Å². The van der Waals surface area contributed by atoms with Crippen molar-refractivity contribution in [3.8, 4) is 0 Å². The van der Waals surface area contributed by atoms with E-state index in [1.165, 1.54) is 5.57 Å². The van der Waals surface area contributed by atoms with E-state index >= 15 is 0 Å². The number of ether oxygens (including phenoxy) is 1. The number of halogens is 2. The monoisotopic (exact) mass is 324 g/mol. The predicted octanol–water partition coefficient (Wildman–Crippen LogP) is 3.57. The Morgan fingerprint density at radius 3 is 2.86 bits per heavy atom. The molecule has 0 aromatic rings. The van der Waals surface area contributed by atoms with Crippen LogP contribution in [0.1, 0.15) is 33.1 Å². The van der Waals surface area contributed by atoms with Crippen molar-refractivity contribution < 1.29 is 32.9 Å². The van der Waals surface area contributed by atoms with Crippen molar-refractivity contribution >= 4 is 18.0 Å². The summed E-state index contributed by atoms with van der Waals surface area (Å²) in [7, 11) is 0. The fourth-order valence-corrected chi connectivity index (χ4v) is 3.44. The molecule has 21 heavy (non-hydrogen) atoms. The molecule has 3 aliphatic carbocycles. The van der Waals surface area contributed by atoms with Crippen molar-refractivity contribution in [2.45, 2.75) is 38.4 Å². The molecule has 2 atom stereocenters. The molecule has 1 N–H and O–H groups in total. The summed E-state index contributed by atoms with van der Waals surface area (Å²) >= 11 is -0.614. The fraction of sp³-hybridized carbons (Fsp3) is 0.769. The Hall–Kier alpha value is -0.700. The second-order valence-electron chi connectivity index (χ2n) is 5.95. The maximum Gasteiger partial charge on any atom is 0.415 e. The summed E-state index contributed by atoms with van der Waals surface area (Å²) in [5.74, 6) is -0.562. The molecule has 2 unspecified atom stereocenters. The molecule has 0 aliphatic heterocycles. The lowest BCUT2D eigenvalue weighted by atomic mass is 9.48. The van der Waals surface area contributed by atoms with E-state index in [1.807, 2.05) is 0 Å². The van der Waals surface area contributed by atoms with Crippen molar-refractivity contribution in [3.63, 3.8) is 0 Å². The van der Waals surface area contributed by atoms with Gasteiger partial charge in [0.2, 0.25) is 0 Å². The third-order valence-corrected chi connectivity index (χ3v) is 5.12. The quantitative estimate of drug-likeness (QED) is 0.254. The lowest BCUT2D eigenvalue weighted by Gasteiger charge is -2.56. The van der Waals surface area contributed by atoms with Gasteiger partial charge >= 0.3 is 11.2 Å². The Kier molecular flexibility index (Phi) is 4.92. The summed E-state index contributed by atoms with van der Waals surface area (Å²) in [6, 6.07) is 0. The standard InChI is InChI=1S/C13H18F2O5S/c1-12(2)9-4-3-8(10(12)7-9)5-6-18-11(16)13(14,15)21-20-19-17/h3,9-10,17H,4-7H2,1-2H3. The summed E-state index contributed by atoms with van der Waals surface area (Å²) in [6.07, 6.45) is 4.72. The summed E-state index contributed by atoms with van der Waals surface area (Å²) in [6.45, 7) is 4.32. The number of hydrogen-bond donors (Lipinski definition) is 1. The molecular weight excluding hydrogens is 306 g/mol. The third kappa shape index (κ3) is 3.39. The highest BCUT2D eigenvalue weighted by Gasteiger charge is 2.51. The zero-order chi connectivity index (χ0) is 15.7. The Bertz CT molecular complexity index is 438. The van der Waals surface area contributed by atoms with Crippen LogP contribution < -0.4 is 0 Å². The average Bonchev–Trinajstić information content (AvgIpc) is 2.45. The molecule has 120 valence electrons. The molecule has 5 nitrogen and oxygen atoms in total. The van der Waals surface area contributed by atoms with Crippen LogP contribution in [-0.2, 0) is 18.9 Å². The lowest BCUT2D eigenvalue weighted by molar-refractivity contribution is -0.433. The lowest BCUT2D eigenvalue weighted by Crippen LogP contribution is -2.48. The highest BCUT2D eigenvalue weighted by molar-refractivity contribution is 7.96. The largest absolute Gasteiger partial charge is 0.460 e. The minimum atomic E-state index is -3.93. The molecular formula is C13H18F2O5S. The molecule has 0 aromatic carbocycles. The first-order valence-electron chi connectivity index (χ1n) is 6.69. The Morgan fingerprint density at radius 2 is 2.29 bits per heavy atom. The number of carbonyl (C=O) groups is 1. The van der Waals surface area contributed by atoms with Crippen LogP contribution in [-0.4, -0.2) is 23.1 Å². The van der Waals surface area contributed by atoms with Crippen LogP contribution in [0.15, 0.2) is 11.6 Å². The van der Waals surface area contributed by atoms with Gasteiger partial charge in [-0.1, -0.05) is 30.5 Å². The highest BCUT2D eigenvalue weighted by Crippen LogP contribution is 2.59. The maximum atomic E-state index is 13.1. The Morgan fingerprint density at radius 1 is 1.57 bits per heavy atom. The minimum absolute atomic E-state index is 0.0992. The number of rotatable bonds is 7. The van der Waals surface area contributed by atoms with Gasteiger partial charge in [-0.15, -0.1) is 4.33 Å². The number of carbonyl (C=O) groups excluding carboxylic acids is 1. The van der Waals surface area contributed by atoms with Crippen LogP contribution >= 0.6 is 12.0 Å². The molecule has 2 bridgehead atoms. The zero-order valence-corrected chi connectivity index (χ0v) is 12.6. The van der Waals surface area contributed by atoms with Gasteiger partial charge in [-0.05, 0) is 30.1 Å². The normalized spacial score (nSPS) is 26.8. The van der Waals surface area contributed by atoms with Crippen LogP contribution in [0.25, 0.3) is 0 Å². The minimum Gasteiger partial charge on any atom is -0.460 e. The third-order valence-electron chi connectivity index (χ3n) is 4.61. The Balaban J connectivity index is 1.77. The number of hydrogen-bond acceptors (Lipinski definition) is 6. The zero-order valence-electron chi connectivity index (χ0n) is 11.8. The van der Waals surface area contributed by atoms with Gasteiger partial charge in [0.05, 0.1) is 6.61 Å². The molecule has 0 radical (unpaired) electrons. The molecule has 3 aliphatic rings. The fourth-order valence-electron chi connectivity index (χ4n) is 3.19. The molecule has 0 saturated heterocycles. The van der Waals surface area contributed by atoms with E-state index in [9.17, 15) is 13.6 Å². The molecule has 1 saturated carbocycles. The van der Waals surface area contributed by atoms with Gasteiger partial charge in [0, 0.05) is 6.42 Å². The van der Waals surface area contributed by atoms with Gasteiger partial charge in [0.15, 0.2) is 0 Å². The van der Waals surface area contributed by atoms with Crippen molar-refractivity contribution in [2.75, 3.05) is 6.61 Å². The van der Waals surface area contributed by atoms with Gasteiger partial charge in [-0.25, -0.2) is 10.1 Å². The summed E-state index contributed by atoms with van der Waals surface area (Å²) in [5, 5.41) is 6.91. The van der Waals surface area contributed by atoms with Crippen molar-refractivity contribution in [3.05, 3.63) is 11.6 Å². The SMILES string of the molecule is CC1(C)C2CC=C(CCOC(=O)C(F)(F)SOOO)C1C2. The molecule has 1 fully saturated rings. The summed E-state index contributed by atoms with van der Waals surface area (Å²) < 4.78 is 34.4. The van der Waals surface area contributed by atoms with Gasteiger partial charge in [-0.2, -0.15) is 8.78 Å². The molecule has 3 rings (SSSR count). The van der Waals surface area contributed by atoms with Crippen molar-refractivity contribution in [1.29, 1.82) is 0 Å². The second-order valence-corrected chi connectivity index (χ2v) is 6.77. The van der Waals surface area contributed by atoms with Gasteiger partial charge < -0.3 is 4.74 Å². The molecule has 0 spiro atoms. The molecule has 0 amide bonds. The number of fused-ring (bicyclic) bond motifs is 1. The first-order valence-corrected chi connectivity index (χ1v) is 7.43. The number of esters is 1. The number of alkyl halides is 2. The van der Waals surface area contributed by atoms with E-state index in [0.29, 0.717) is 18.3 Å². The number of allylic oxidation sites excluding steroid dienone is 1. The molecule has 0 aromatic heterocycles. The molecule has 8 heteroatoms. The van der Waals surface area contributed by atoms with E-state index in [1.54, 1.807) is 0 Å². The predicted molar refractivity (Wildman–Crippen MR) is 71.0 cm³/mol. The van der Waals surface area contributed by atoms with E-state index in [2.05, 4.69) is 34.0 Å². The Labute approximate surface area is 125 Å². The van der Waals surface area contributed by atoms with Crippen LogP contribution in [0.5, 0.6) is 0 Å². The van der Waals surface area contributed by atoms with Crippen LogP contribution in [0, 0.1) is 17.3 Å². The molecule has 0 heterocycles. The van der Waals surface area contributed by atoms with Gasteiger partial charge in [-0.3, -0.25) is 0 Å². The van der Waals surface area contributed by atoms with Crippen LogP contribution in [0.2, 0.25) is 0 Å². The van der Waals surface area contributed by atoms with E-state index in [-0.39, 0.29) is 12.0 Å². The second kappa shape index (κ2) is 6.20. The topological polar surface area (TPSA) is 65.0 Å². The first-order chi connectivity index (χ1) is 9.79. The smallest absolute Gasteiger partial charge is 0.415 e. The average molecular weight is 324 g/mol. The van der Waals surface area contributed by atoms with Gasteiger partial charge in [0.25, 0.3) is 0 Å². The van der Waals surface area contributed by atoms with Crippen LogP contribution in [0.3, 0.4) is 0 Å². The summed E-state index contributed by atoms with van der Waals surface area (Å²) in [5.41, 5.74) is 1.43. The van der Waals surface area contributed by atoms with Gasteiger partial charge in [0.1, 0.15) is 12.0 Å². The van der Waals surface area contributed by atoms with Crippen molar-refractivity contribution in [2.24, 2.45) is 17.3 Å². The first kappa shape index (κ1) is 16.7. The van der Waals surface area contributed by atoms with Crippen molar-refractivity contribution in [1.82, 2.24) is 0 Å². The van der Waals surface area contributed by atoms with E-state index < -0.39 is 23.3 Å². The highest BCUT2D eigenvalue weighted by atomic mass is 32.2.